The summed E-state index contributed by atoms with van der Waals surface area (Å²) in [6.07, 6.45) is 48.5. The van der Waals surface area contributed by atoms with Crippen molar-refractivity contribution in [2.45, 2.75) is 388 Å². The van der Waals surface area contributed by atoms with Crippen LogP contribution in [0.2, 0.25) is 0 Å². The van der Waals surface area contributed by atoms with E-state index in [0.29, 0.717) is 25.7 Å². The molecule has 0 saturated carbocycles. The summed E-state index contributed by atoms with van der Waals surface area (Å²) < 4.78 is 68.4. The number of rotatable bonds is 71. The zero-order valence-electron chi connectivity index (χ0n) is 60.0. The number of carbonyl (C=O) groups excluding carboxylic acids is 4. The first-order valence-corrected chi connectivity index (χ1v) is 40.8. The molecule has 17 nitrogen and oxygen atoms in total. The molecule has 0 rings (SSSR count). The maximum atomic E-state index is 13.1. The van der Waals surface area contributed by atoms with Crippen LogP contribution in [0.5, 0.6) is 0 Å². The maximum absolute atomic E-state index is 13.1. The molecule has 0 spiro atoms. The Morgan fingerprint density at radius 2 is 0.500 bits per heavy atom. The normalized spacial score (nSPS) is 14.1. The van der Waals surface area contributed by atoms with E-state index in [-0.39, 0.29) is 25.7 Å². The number of hydrogen-bond donors (Lipinski definition) is 3. The average Bonchev–Trinajstić information content (AvgIpc) is 1.65. The van der Waals surface area contributed by atoms with Crippen LogP contribution in [0.25, 0.3) is 0 Å². The van der Waals surface area contributed by atoms with E-state index in [1.807, 2.05) is 0 Å². The van der Waals surface area contributed by atoms with Gasteiger partial charge in [-0.05, 0) is 43.4 Å². The Bertz CT molecular complexity index is 1800. The molecular formula is C73H142O17P2. The minimum absolute atomic E-state index is 0.106. The van der Waals surface area contributed by atoms with Crippen LogP contribution in [-0.2, 0) is 65.4 Å². The van der Waals surface area contributed by atoms with Crippen molar-refractivity contribution in [3.63, 3.8) is 0 Å². The zero-order valence-corrected chi connectivity index (χ0v) is 61.8. The highest BCUT2D eigenvalue weighted by Gasteiger charge is 2.30. The van der Waals surface area contributed by atoms with E-state index >= 15 is 0 Å². The number of ether oxygens (including phenoxy) is 4. The molecule has 2 unspecified atom stereocenters. The third kappa shape index (κ3) is 66.7. The van der Waals surface area contributed by atoms with Crippen molar-refractivity contribution in [2.75, 3.05) is 39.6 Å². The molecule has 92 heavy (non-hydrogen) atoms. The molecule has 0 aliphatic rings. The van der Waals surface area contributed by atoms with E-state index in [9.17, 15) is 43.2 Å². The van der Waals surface area contributed by atoms with Gasteiger partial charge in [-0.3, -0.25) is 37.3 Å². The van der Waals surface area contributed by atoms with Gasteiger partial charge in [-0.2, -0.15) is 0 Å². The molecule has 0 saturated heterocycles. The Balaban J connectivity index is 5.24. The van der Waals surface area contributed by atoms with E-state index in [1.165, 1.54) is 180 Å². The van der Waals surface area contributed by atoms with Gasteiger partial charge in [-0.25, -0.2) is 9.13 Å². The highest BCUT2D eigenvalue weighted by atomic mass is 31.2. The Morgan fingerprint density at radius 1 is 0.293 bits per heavy atom. The van der Waals surface area contributed by atoms with Crippen LogP contribution in [0.1, 0.15) is 370 Å². The van der Waals surface area contributed by atoms with Crippen LogP contribution in [0.3, 0.4) is 0 Å². The highest BCUT2D eigenvalue weighted by molar-refractivity contribution is 7.47. The van der Waals surface area contributed by atoms with E-state index < -0.39 is 97.5 Å². The van der Waals surface area contributed by atoms with Gasteiger partial charge in [-0.1, -0.05) is 318 Å². The van der Waals surface area contributed by atoms with Crippen LogP contribution in [0.4, 0.5) is 0 Å². The van der Waals surface area contributed by atoms with Gasteiger partial charge in [-0.15, -0.1) is 0 Å². The van der Waals surface area contributed by atoms with Gasteiger partial charge in [0.1, 0.15) is 19.3 Å². The molecule has 5 atom stereocenters. The van der Waals surface area contributed by atoms with Crippen molar-refractivity contribution in [2.24, 2.45) is 17.8 Å². The van der Waals surface area contributed by atoms with Gasteiger partial charge < -0.3 is 33.8 Å². The lowest BCUT2D eigenvalue weighted by molar-refractivity contribution is -0.161. The molecule has 0 aromatic rings. The van der Waals surface area contributed by atoms with E-state index in [4.69, 9.17) is 37.0 Å². The molecule has 0 amide bonds. The number of phosphoric ester groups is 2. The van der Waals surface area contributed by atoms with Crippen LogP contribution in [-0.4, -0.2) is 96.7 Å². The van der Waals surface area contributed by atoms with Crippen molar-refractivity contribution in [1.29, 1.82) is 0 Å². The molecule has 0 aromatic heterocycles. The molecule has 0 fully saturated rings. The van der Waals surface area contributed by atoms with Crippen LogP contribution < -0.4 is 0 Å². The van der Waals surface area contributed by atoms with Gasteiger partial charge in [0.15, 0.2) is 12.2 Å². The molecule has 19 heteroatoms. The van der Waals surface area contributed by atoms with Crippen LogP contribution in [0, 0.1) is 17.8 Å². The standard InChI is InChI=1S/C73H142O17P2/c1-8-9-10-11-12-23-33-40-47-54-70(75)83-60-68(90-73(78)57-50-43-36-29-22-21-26-32-39-46-53-66(6)7)62-87-91(79,80)85-58-67(74)59-86-92(81,82)88-63-69(89-72(77)56-49-42-35-28-20-16-14-18-25-31-38-45-52-65(4)5)61-84-71(76)55-48-41-34-27-19-15-13-17-24-30-37-44-51-64(2)3/h64-69,74H,8-63H2,1-7H3,(H,79,80)(H,81,82)/t67-,68+,69+/m0/s1. The maximum Gasteiger partial charge on any atom is 0.472 e. The predicted octanol–water partition coefficient (Wildman–Crippen LogP) is 21.0. The van der Waals surface area contributed by atoms with Crippen molar-refractivity contribution >= 4 is 39.5 Å². The predicted molar refractivity (Wildman–Crippen MR) is 372 cm³/mol. The smallest absolute Gasteiger partial charge is 0.462 e. The van der Waals surface area contributed by atoms with Crippen LogP contribution >= 0.6 is 15.6 Å². The monoisotopic (exact) mass is 1350 g/mol. The highest BCUT2D eigenvalue weighted by Crippen LogP contribution is 2.45. The minimum atomic E-state index is -4.95. The summed E-state index contributed by atoms with van der Waals surface area (Å²) in [5, 5.41) is 10.6. The summed E-state index contributed by atoms with van der Waals surface area (Å²) in [5.41, 5.74) is 0. The zero-order chi connectivity index (χ0) is 68.0. The second kappa shape index (κ2) is 63.8. The summed E-state index contributed by atoms with van der Waals surface area (Å²) >= 11 is 0. The van der Waals surface area contributed by atoms with E-state index in [2.05, 4.69) is 48.5 Å². The Labute approximate surface area is 562 Å². The van der Waals surface area contributed by atoms with Crippen molar-refractivity contribution in [1.82, 2.24) is 0 Å². The quantitative estimate of drug-likeness (QED) is 0.0222. The molecule has 546 valence electrons. The van der Waals surface area contributed by atoms with Crippen molar-refractivity contribution in [3.8, 4) is 0 Å². The van der Waals surface area contributed by atoms with Crippen molar-refractivity contribution < 1.29 is 80.2 Å². The number of esters is 4. The van der Waals surface area contributed by atoms with Gasteiger partial charge in [0.2, 0.25) is 0 Å². The molecule has 0 aromatic carbocycles. The SMILES string of the molecule is CCCCCCCCCCCC(=O)OC[C@H](COP(=O)(O)OC[C@H](O)COP(=O)(O)OC[C@@H](COC(=O)CCCCCCCCCCCCCCC(C)C)OC(=O)CCCCCCCCCCCCCCC(C)C)OC(=O)CCCCCCCCCCCCC(C)C. The van der Waals surface area contributed by atoms with Gasteiger partial charge in [0.05, 0.1) is 26.4 Å². The Kier molecular flexibility index (Phi) is 62.4. The van der Waals surface area contributed by atoms with Gasteiger partial charge >= 0.3 is 39.5 Å². The summed E-state index contributed by atoms with van der Waals surface area (Å²) in [4.78, 5) is 72.7. The molecular weight excluding hydrogens is 1210 g/mol. The fourth-order valence-corrected chi connectivity index (χ4v) is 12.7. The summed E-state index contributed by atoms with van der Waals surface area (Å²) in [5.74, 6) is 0.189. The fourth-order valence-electron chi connectivity index (χ4n) is 11.1. The first-order valence-electron chi connectivity index (χ1n) is 37.8. The van der Waals surface area contributed by atoms with Gasteiger partial charge in [0.25, 0.3) is 0 Å². The second-order valence-electron chi connectivity index (χ2n) is 27.8. The summed E-state index contributed by atoms with van der Waals surface area (Å²) in [7, 11) is -9.91. The lowest BCUT2D eigenvalue weighted by atomic mass is 10.0. The lowest BCUT2D eigenvalue weighted by Gasteiger charge is -2.21. The third-order valence-electron chi connectivity index (χ3n) is 16.9. The molecule has 3 N–H and O–H groups in total. The van der Waals surface area contributed by atoms with Crippen molar-refractivity contribution in [3.05, 3.63) is 0 Å². The average molecular weight is 1350 g/mol. The fraction of sp³-hybridized carbons (Fsp3) is 0.945. The Morgan fingerprint density at radius 3 is 0.739 bits per heavy atom. The van der Waals surface area contributed by atoms with E-state index in [0.717, 1.165) is 108 Å². The molecule has 0 radical (unpaired) electrons. The first kappa shape index (κ1) is 90.1. The number of aliphatic hydroxyl groups excluding tert-OH is 1. The first-order chi connectivity index (χ1) is 44.2. The lowest BCUT2D eigenvalue weighted by Crippen LogP contribution is -2.30. The molecule has 0 heterocycles. The largest absolute Gasteiger partial charge is 0.472 e. The number of aliphatic hydroxyl groups is 1. The minimum Gasteiger partial charge on any atom is -0.462 e. The van der Waals surface area contributed by atoms with E-state index in [1.54, 1.807) is 0 Å². The molecule has 0 aliphatic carbocycles. The van der Waals surface area contributed by atoms with Crippen LogP contribution in [0.15, 0.2) is 0 Å². The number of carbonyl (C=O) groups is 4. The number of hydrogen-bond acceptors (Lipinski definition) is 15. The summed E-state index contributed by atoms with van der Waals surface area (Å²) in [6, 6.07) is 0. The summed E-state index contributed by atoms with van der Waals surface area (Å²) in [6.45, 7) is 11.9. The third-order valence-corrected chi connectivity index (χ3v) is 18.8. The second-order valence-corrected chi connectivity index (χ2v) is 30.7. The Hall–Kier alpha value is -1.94. The van der Waals surface area contributed by atoms with Gasteiger partial charge in [0, 0.05) is 25.7 Å². The molecule has 0 aliphatic heterocycles. The number of unbranched alkanes of at least 4 members (excludes halogenated alkanes) is 39. The topological polar surface area (TPSA) is 237 Å². The number of phosphoric acid groups is 2. The molecule has 0 bridgehead atoms.